The number of anilines is 1. The van der Waals surface area contributed by atoms with Crippen LogP contribution in [0.4, 0.5) is 23.2 Å². The molecule has 2 rings (SSSR count). The molecular formula is C15H19F4NO. The maximum Gasteiger partial charge on any atom is 0.419 e. The van der Waals surface area contributed by atoms with Crippen molar-refractivity contribution in [2.45, 2.75) is 50.9 Å². The summed E-state index contributed by atoms with van der Waals surface area (Å²) in [4.78, 5) is 0. The largest absolute Gasteiger partial charge is 0.419 e. The standard InChI is InChI=1S/C15H19F4NO/c1-3-14(2)9-11(6-7-21-14)20-10-4-5-13(16)12(8-10)15(17,18)19/h4-5,8,11,20H,3,6-7,9H2,1-2H3. The molecule has 118 valence electrons. The molecule has 1 aliphatic heterocycles. The van der Waals surface area contributed by atoms with Crippen molar-refractivity contribution in [1.29, 1.82) is 0 Å². The van der Waals surface area contributed by atoms with Crippen LogP contribution in [0.3, 0.4) is 0 Å². The highest BCUT2D eigenvalue weighted by molar-refractivity contribution is 5.48. The predicted octanol–water partition coefficient (Wildman–Crippen LogP) is 4.60. The summed E-state index contributed by atoms with van der Waals surface area (Å²) < 4.78 is 57.0. The molecule has 0 aliphatic carbocycles. The van der Waals surface area contributed by atoms with Crippen LogP contribution >= 0.6 is 0 Å². The van der Waals surface area contributed by atoms with Crippen LogP contribution in [-0.2, 0) is 10.9 Å². The van der Waals surface area contributed by atoms with E-state index in [1.165, 1.54) is 6.07 Å². The summed E-state index contributed by atoms with van der Waals surface area (Å²) in [5.74, 6) is -1.25. The third-order valence-electron chi connectivity index (χ3n) is 3.99. The molecule has 1 heterocycles. The van der Waals surface area contributed by atoms with Gasteiger partial charge in [0.1, 0.15) is 5.82 Å². The van der Waals surface area contributed by atoms with Gasteiger partial charge in [-0.1, -0.05) is 6.92 Å². The van der Waals surface area contributed by atoms with Gasteiger partial charge in [-0.2, -0.15) is 13.2 Å². The molecule has 21 heavy (non-hydrogen) atoms. The molecule has 0 amide bonds. The third kappa shape index (κ3) is 3.87. The number of halogens is 4. The average molecular weight is 305 g/mol. The molecule has 1 aliphatic rings. The van der Waals surface area contributed by atoms with Crippen molar-refractivity contribution < 1.29 is 22.3 Å². The Bertz CT molecular complexity index is 503. The van der Waals surface area contributed by atoms with E-state index in [1.807, 2.05) is 13.8 Å². The van der Waals surface area contributed by atoms with Crippen LogP contribution in [0.25, 0.3) is 0 Å². The SMILES string of the molecule is CCC1(C)CC(Nc2ccc(F)c(C(F)(F)F)c2)CCO1. The Hall–Kier alpha value is -1.30. The summed E-state index contributed by atoms with van der Waals surface area (Å²) >= 11 is 0. The molecule has 1 N–H and O–H groups in total. The number of ether oxygens (including phenoxy) is 1. The first kappa shape index (κ1) is 16.1. The molecule has 1 saturated heterocycles. The number of hydrogen-bond acceptors (Lipinski definition) is 2. The van der Waals surface area contributed by atoms with Gasteiger partial charge in [0.05, 0.1) is 11.2 Å². The highest BCUT2D eigenvalue weighted by Gasteiger charge is 2.35. The van der Waals surface area contributed by atoms with E-state index in [2.05, 4.69) is 5.32 Å². The first-order valence-electron chi connectivity index (χ1n) is 7.01. The number of benzene rings is 1. The quantitative estimate of drug-likeness (QED) is 0.824. The maximum atomic E-state index is 13.3. The van der Waals surface area contributed by atoms with Crippen molar-refractivity contribution in [2.75, 3.05) is 11.9 Å². The normalized spacial score (nSPS) is 26.7. The van der Waals surface area contributed by atoms with E-state index in [0.29, 0.717) is 19.4 Å². The van der Waals surface area contributed by atoms with E-state index in [4.69, 9.17) is 4.74 Å². The fraction of sp³-hybridized carbons (Fsp3) is 0.600. The molecule has 2 nitrogen and oxygen atoms in total. The second-order valence-electron chi connectivity index (χ2n) is 5.68. The molecule has 0 bridgehead atoms. The van der Waals surface area contributed by atoms with E-state index >= 15 is 0 Å². The topological polar surface area (TPSA) is 21.3 Å². The van der Waals surface area contributed by atoms with Gasteiger partial charge in [-0.15, -0.1) is 0 Å². The zero-order chi connectivity index (χ0) is 15.7. The summed E-state index contributed by atoms with van der Waals surface area (Å²) in [6.07, 6.45) is -2.42. The van der Waals surface area contributed by atoms with Crippen molar-refractivity contribution in [3.63, 3.8) is 0 Å². The van der Waals surface area contributed by atoms with Crippen molar-refractivity contribution in [2.24, 2.45) is 0 Å². The van der Waals surface area contributed by atoms with E-state index in [1.54, 1.807) is 0 Å². The van der Waals surface area contributed by atoms with Gasteiger partial charge in [0.25, 0.3) is 0 Å². The van der Waals surface area contributed by atoms with Gasteiger partial charge in [-0.25, -0.2) is 4.39 Å². The lowest BCUT2D eigenvalue weighted by molar-refractivity contribution is -0.139. The predicted molar refractivity (Wildman–Crippen MR) is 72.7 cm³/mol. The minimum atomic E-state index is -4.69. The van der Waals surface area contributed by atoms with Crippen molar-refractivity contribution in [1.82, 2.24) is 0 Å². The molecule has 0 saturated carbocycles. The summed E-state index contributed by atoms with van der Waals surface area (Å²) in [7, 11) is 0. The lowest BCUT2D eigenvalue weighted by Gasteiger charge is -2.38. The van der Waals surface area contributed by atoms with Gasteiger partial charge >= 0.3 is 6.18 Å². The number of nitrogens with one attached hydrogen (secondary N) is 1. The molecule has 1 fully saturated rings. The fourth-order valence-corrected chi connectivity index (χ4v) is 2.57. The highest BCUT2D eigenvalue weighted by atomic mass is 19.4. The Labute approximate surface area is 121 Å². The van der Waals surface area contributed by atoms with E-state index in [9.17, 15) is 17.6 Å². The molecule has 6 heteroatoms. The van der Waals surface area contributed by atoms with E-state index in [0.717, 1.165) is 18.6 Å². The first-order chi connectivity index (χ1) is 9.73. The van der Waals surface area contributed by atoms with Gasteiger partial charge in [-0.3, -0.25) is 0 Å². The monoisotopic (exact) mass is 305 g/mol. The Morgan fingerprint density at radius 3 is 2.71 bits per heavy atom. The zero-order valence-electron chi connectivity index (χ0n) is 12.1. The van der Waals surface area contributed by atoms with Crippen molar-refractivity contribution in [3.05, 3.63) is 29.6 Å². The summed E-state index contributed by atoms with van der Waals surface area (Å²) in [5.41, 5.74) is -1.21. The molecule has 1 aromatic rings. The zero-order valence-corrected chi connectivity index (χ0v) is 12.1. The van der Waals surface area contributed by atoms with Crippen LogP contribution in [-0.4, -0.2) is 18.2 Å². The number of rotatable bonds is 3. The van der Waals surface area contributed by atoms with Gasteiger partial charge in [0, 0.05) is 18.3 Å². The van der Waals surface area contributed by atoms with Crippen LogP contribution in [0.1, 0.15) is 38.7 Å². The molecule has 2 unspecified atom stereocenters. The lowest BCUT2D eigenvalue weighted by atomic mass is 9.90. The Balaban J connectivity index is 2.13. The van der Waals surface area contributed by atoms with Crippen LogP contribution in [0.2, 0.25) is 0 Å². The van der Waals surface area contributed by atoms with Crippen LogP contribution in [0, 0.1) is 5.82 Å². The van der Waals surface area contributed by atoms with Crippen LogP contribution in [0.15, 0.2) is 18.2 Å². The lowest BCUT2D eigenvalue weighted by Crippen LogP contribution is -2.41. The minimum absolute atomic E-state index is 0.0234. The van der Waals surface area contributed by atoms with Crippen molar-refractivity contribution in [3.8, 4) is 0 Å². The van der Waals surface area contributed by atoms with Crippen LogP contribution < -0.4 is 5.32 Å². The highest BCUT2D eigenvalue weighted by Crippen LogP contribution is 2.34. The second-order valence-corrected chi connectivity index (χ2v) is 5.68. The van der Waals surface area contributed by atoms with Crippen LogP contribution in [0.5, 0.6) is 0 Å². The molecule has 1 aromatic carbocycles. The number of alkyl halides is 3. The number of hydrogen-bond donors (Lipinski definition) is 1. The van der Waals surface area contributed by atoms with Gasteiger partial charge in [0.15, 0.2) is 0 Å². The summed E-state index contributed by atoms with van der Waals surface area (Å²) in [6.45, 7) is 4.57. The Kier molecular flexibility index (Phi) is 4.46. The first-order valence-corrected chi connectivity index (χ1v) is 7.01. The smallest absolute Gasteiger partial charge is 0.382 e. The minimum Gasteiger partial charge on any atom is -0.382 e. The third-order valence-corrected chi connectivity index (χ3v) is 3.99. The van der Waals surface area contributed by atoms with Gasteiger partial charge in [0.2, 0.25) is 0 Å². The average Bonchev–Trinajstić information content (AvgIpc) is 2.40. The fourth-order valence-electron chi connectivity index (χ4n) is 2.57. The van der Waals surface area contributed by atoms with Crippen molar-refractivity contribution >= 4 is 5.69 Å². The molecule has 0 radical (unpaired) electrons. The molecule has 0 spiro atoms. The second kappa shape index (κ2) is 5.83. The van der Waals surface area contributed by atoms with E-state index in [-0.39, 0.29) is 17.3 Å². The maximum absolute atomic E-state index is 13.3. The summed E-state index contributed by atoms with van der Waals surface area (Å²) in [5, 5.41) is 3.06. The Morgan fingerprint density at radius 1 is 1.38 bits per heavy atom. The molecule has 2 atom stereocenters. The summed E-state index contributed by atoms with van der Waals surface area (Å²) in [6, 6.07) is 3.04. The van der Waals surface area contributed by atoms with Gasteiger partial charge in [-0.05, 0) is 44.4 Å². The molecule has 0 aromatic heterocycles. The van der Waals surface area contributed by atoms with E-state index < -0.39 is 17.6 Å². The Morgan fingerprint density at radius 2 is 2.10 bits per heavy atom. The van der Waals surface area contributed by atoms with Gasteiger partial charge < -0.3 is 10.1 Å². The molecular weight excluding hydrogens is 286 g/mol.